The van der Waals surface area contributed by atoms with Gasteiger partial charge in [0.05, 0.1) is 18.0 Å². The topological polar surface area (TPSA) is 43.1 Å². The van der Waals surface area contributed by atoms with E-state index in [0.29, 0.717) is 11.3 Å². The van der Waals surface area contributed by atoms with E-state index in [9.17, 15) is 8.78 Å². The smallest absolute Gasteiger partial charge is 0.164 e. The van der Waals surface area contributed by atoms with Gasteiger partial charge in [0.15, 0.2) is 5.82 Å². The van der Waals surface area contributed by atoms with Crippen molar-refractivity contribution < 1.29 is 8.78 Å². The van der Waals surface area contributed by atoms with E-state index in [1.54, 1.807) is 6.20 Å². The molecule has 0 saturated carbocycles. The summed E-state index contributed by atoms with van der Waals surface area (Å²) >= 11 is 0. The van der Waals surface area contributed by atoms with E-state index in [4.69, 9.17) is 0 Å². The van der Waals surface area contributed by atoms with E-state index >= 15 is 0 Å². The highest BCUT2D eigenvalue weighted by molar-refractivity contribution is 5.61. The summed E-state index contributed by atoms with van der Waals surface area (Å²) in [6.45, 7) is 0. The Morgan fingerprint density at radius 2 is 2.00 bits per heavy atom. The fourth-order valence-electron chi connectivity index (χ4n) is 1.61. The summed E-state index contributed by atoms with van der Waals surface area (Å²) in [6.07, 6.45) is 4.42. The standard InChI is InChI=1S/C11H6F2N4/c12-7-1-2-9(10(13)3-7)11-15-5-8-4-14-6-16-17(8)11/h1-6H. The molecule has 0 aliphatic rings. The molecule has 3 aromatic rings. The molecule has 1 aromatic carbocycles. The molecule has 84 valence electrons. The van der Waals surface area contributed by atoms with E-state index in [1.165, 1.54) is 29.2 Å². The van der Waals surface area contributed by atoms with Gasteiger partial charge in [0.2, 0.25) is 0 Å². The number of fused-ring (bicyclic) bond motifs is 1. The highest BCUT2D eigenvalue weighted by atomic mass is 19.1. The van der Waals surface area contributed by atoms with Gasteiger partial charge in [0.25, 0.3) is 0 Å². The number of aromatic nitrogens is 4. The molecule has 2 heterocycles. The van der Waals surface area contributed by atoms with Crippen LogP contribution < -0.4 is 0 Å². The molecule has 17 heavy (non-hydrogen) atoms. The van der Waals surface area contributed by atoms with Gasteiger partial charge in [0, 0.05) is 6.07 Å². The Balaban J connectivity index is 2.27. The second-order valence-electron chi connectivity index (χ2n) is 3.45. The molecule has 0 amide bonds. The van der Waals surface area contributed by atoms with Crippen LogP contribution in [0.4, 0.5) is 8.78 Å². The van der Waals surface area contributed by atoms with Crippen molar-refractivity contribution in [3.05, 3.63) is 48.6 Å². The molecule has 4 nitrogen and oxygen atoms in total. The van der Waals surface area contributed by atoms with Crippen molar-refractivity contribution in [2.75, 3.05) is 0 Å². The van der Waals surface area contributed by atoms with Gasteiger partial charge in [0.1, 0.15) is 23.5 Å². The van der Waals surface area contributed by atoms with Gasteiger partial charge < -0.3 is 0 Å². The maximum Gasteiger partial charge on any atom is 0.164 e. The molecule has 0 spiro atoms. The van der Waals surface area contributed by atoms with E-state index in [-0.39, 0.29) is 5.56 Å². The first kappa shape index (κ1) is 9.83. The van der Waals surface area contributed by atoms with Crippen LogP contribution in [0.2, 0.25) is 0 Å². The Morgan fingerprint density at radius 1 is 1.12 bits per heavy atom. The Morgan fingerprint density at radius 3 is 2.82 bits per heavy atom. The van der Waals surface area contributed by atoms with Crippen LogP contribution >= 0.6 is 0 Å². The summed E-state index contributed by atoms with van der Waals surface area (Å²) in [5.41, 5.74) is 0.844. The van der Waals surface area contributed by atoms with Crippen LogP contribution in [0, 0.1) is 11.6 Å². The second-order valence-corrected chi connectivity index (χ2v) is 3.45. The van der Waals surface area contributed by atoms with Gasteiger partial charge in [-0.15, -0.1) is 0 Å². The molecule has 3 rings (SSSR count). The summed E-state index contributed by atoms with van der Waals surface area (Å²) in [5, 5.41) is 3.96. The second kappa shape index (κ2) is 3.58. The third-order valence-corrected chi connectivity index (χ3v) is 2.38. The molecule has 0 N–H and O–H groups in total. The average Bonchev–Trinajstić information content (AvgIpc) is 2.73. The molecule has 0 bridgehead atoms. The van der Waals surface area contributed by atoms with Gasteiger partial charge in [-0.3, -0.25) is 0 Å². The van der Waals surface area contributed by atoms with E-state index in [2.05, 4.69) is 15.1 Å². The van der Waals surface area contributed by atoms with Crippen LogP contribution in [-0.2, 0) is 0 Å². The largest absolute Gasteiger partial charge is 0.241 e. The van der Waals surface area contributed by atoms with Crippen LogP contribution in [0.1, 0.15) is 0 Å². The summed E-state index contributed by atoms with van der Waals surface area (Å²) in [5.74, 6) is -0.974. The third-order valence-electron chi connectivity index (χ3n) is 2.38. The van der Waals surface area contributed by atoms with E-state index in [1.807, 2.05) is 0 Å². The van der Waals surface area contributed by atoms with E-state index in [0.717, 1.165) is 6.07 Å². The zero-order valence-electron chi connectivity index (χ0n) is 8.51. The lowest BCUT2D eigenvalue weighted by molar-refractivity contribution is 0.584. The zero-order valence-corrected chi connectivity index (χ0v) is 8.51. The Hall–Kier alpha value is -2.37. The third kappa shape index (κ3) is 1.54. The lowest BCUT2D eigenvalue weighted by atomic mass is 10.2. The van der Waals surface area contributed by atoms with Crippen molar-refractivity contribution in [2.45, 2.75) is 0 Å². The summed E-state index contributed by atoms with van der Waals surface area (Å²) in [7, 11) is 0. The average molecular weight is 232 g/mol. The fourth-order valence-corrected chi connectivity index (χ4v) is 1.61. The molecule has 0 saturated heterocycles. The molecule has 0 aliphatic heterocycles. The van der Waals surface area contributed by atoms with Gasteiger partial charge in [-0.1, -0.05) is 0 Å². The van der Waals surface area contributed by atoms with Gasteiger partial charge >= 0.3 is 0 Å². The molecule has 0 radical (unpaired) electrons. The normalized spacial score (nSPS) is 10.9. The quantitative estimate of drug-likeness (QED) is 0.645. The van der Waals surface area contributed by atoms with Crippen molar-refractivity contribution in [3.8, 4) is 11.4 Å². The van der Waals surface area contributed by atoms with Gasteiger partial charge in [-0.25, -0.2) is 23.3 Å². The van der Waals surface area contributed by atoms with Crippen molar-refractivity contribution in [1.29, 1.82) is 0 Å². The van der Waals surface area contributed by atoms with Crippen LogP contribution in [0.5, 0.6) is 0 Å². The first-order valence-corrected chi connectivity index (χ1v) is 4.85. The molecular formula is C11H6F2N4. The maximum atomic E-state index is 13.6. The predicted molar refractivity (Wildman–Crippen MR) is 56.1 cm³/mol. The lowest BCUT2D eigenvalue weighted by Gasteiger charge is -2.01. The van der Waals surface area contributed by atoms with Crippen LogP contribution in [0.3, 0.4) is 0 Å². The highest BCUT2D eigenvalue weighted by Crippen LogP contribution is 2.22. The molecule has 2 aromatic heterocycles. The number of benzene rings is 1. The van der Waals surface area contributed by atoms with Crippen LogP contribution in [0.15, 0.2) is 36.9 Å². The van der Waals surface area contributed by atoms with Gasteiger partial charge in [-0.05, 0) is 12.1 Å². The van der Waals surface area contributed by atoms with Crippen molar-refractivity contribution in [3.63, 3.8) is 0 Å². The molecule has 6 heteroatoms. The molecule has 0 fully saturated rings. The van der Waals surface area contributed by atoms with Crippen molar-refractivity contribution in [1.82, 2.24) is 19.6 Å². The number of rotatable bonds is 1. The number of hydrogen-bond acceptors (Lipinski definition) is 3. The van der Waals surface area contributed by atoms with Gasteiger partial charge in [-0.2, -0.15) is 5.10 Å². The summed E-state index contributed by atoms with van der Waals surface area (Å²) in [6, 6.07) is 3.33. The molecular weight excluding hydrogens is 226 g/mol. The first-order chi connectivity index (χ1) is 8.25. The van der Waals surface area contributed by atoms with E-state index < -0.39 is 11.6 Å². The minimum Gasteiger partial charge on any atom is -0.241 e. The predicted octanol–water partition coefficient (Wildman–Crippen LogP) is 2.07. The summed E-state index contributed by atoms with van der Waals surface area (Å²) in [4.78, 5) is 7.88. The fraction of sp³-hybridized carbons (Fsp3) is 0. The zero-order chi connectivity index (χ0) is 11.8. The van der Waals surface area contributed by atoms with Crippen LogP contribution in [-0.4, -0.2) is 19.6 Å². The maximum absolute atomic E-state index is 13.6. The molecule has 0 unspecified atom stereocenters. The monoisotopic (exact) mass is 232 g/mol. The number of nitrogens with zero attached hydrogens (tertiary/aromatic N) is 4. The molecule has 0 atom stereocenters. The number of halogens is 2. The Bertz CT molecular complexity index is 693. The minimum atomic E-state index is -0.670. The van der Waals surface area contributed by atoms with Crippen molar-refractivity contribution >= 4 is 5.52 Å². The minimum absolute atomic E-state index is 0.199. The lowest BCUT2D eigenvalue weighted by Crippen LogP contribution is -1.97. The number of hydrogen-bond donors (Lipinski definition) is 0. The SMILES string of the molecule is Fc1ccc(-c2ncc3cncnn23)c(F)c1. The number of imidazole rings is 1. The summed E-state index contributed by atoms with van der Waals surface area (Å²) < 4.78 is 27.9. The van der Waals surface area contributed by atoms with Crippen molar-refractivity contribution in [2.24, 2.45) is 0 Å². The Labute approximate surface area is 94.6 Å². The van der Waals surface area contributed by atoms with Crippen LogP contribution in [0.25, 0.3) is 16.9 Å². The molecule has 0 aliphatic carbocycles. The highest BCUT2D eigenvalue weighted by Gasteiger charge is 2.12. The first-order valence-electron chi connectivity index (χ1n) is 4.85. The Kier molecular flexibility index (Phi) is 2.07.